The van der Waals surface area contributed by atoms with Gasteiger partial charge in [-0.25, -0.2) is 18.1 Å². The van der Waals surface area contributed by atoms with Crippen LogP contribution < -0.4 is 15.4 Å². The van der Waals surface area contributed by atoms with E-state index in [9.17, 15) is 8.42 Å². The number of aliphatic imine (C=N–C) groups is 1. The van der Waals surface area contributed by atoms with Gasteiger partial charge in [0.15, 0.2) is 5.96 Å². The molecule has 0 amide bonds. The second-order valence-electron chi connectivity index (χ2n) is 7.89. The molecule has 0 aromatic heterocycles. The fourth-order valence-corrected chi connectivity index (χ4v) is 4.55. The number of benzene rings is 2. The highest BCUT2D eigenvalue weighted by Gasteiger charge is 2.29. The van der Waals surface area contributed by atoms with Crippen molar-refractivity contribution in [3.05, 3.63) is 65.7 Å². The topological polar surface area (TPSA) is 85.8 Å². The molecule has 9 heteroatoms. The molecule has 1 aliphatic heterocycles. The van der Waals surface area contributed by atoms with E-state index in [1.807, 2.05) is 13.0 Å². The molecular weight excluding hydrogens is 537 g/mol. The first-order valence-electron chi connectivity index (χ1n) is 10.8. The van der Waals surface area contributed by atoms with E-state index >= 15 is 0 Å². The first kappa shape index (κ1) is 26.6. The number of nitrogens with zero attached hydrogens (tertiary/aromatic N) is 2. The molecule has 2 aromatic carbocycles. The Kier molecular flexibility index (Phi) is 10.4. The summed E-state index contributed by atoms with van der Waals surface area (Å²) >= 11 is 0. The van der Waals surface area contributed by atoms with Gasteiger partial charge in [0.2, 0.25) is 10.0 Å². The second-order valence-corrected chi connectivity index (χ2v) is 9.77. The van der Waals surface area contributed by atoms with Crippen molar-refractivity contribution in [1.29, 1.82) is 0 Å². The average molecular weight is 572 g/mol. The highest BCUT2D eigenvalue weighted by Crippen LogP contribution is 2.20. The van der Waals surface area contributed by atoms with E-state index in [1.54, 1.807) is 24.3 Å². The zero-order chi connectivity index (χ0) is 22.3. The van der Waals surface area contributed by atoms with Crippen LogP contribution >= 0.6 is 24.0 Å². The Labute approximate surface area is 209 Å². The van der Waals surface area contributed by atoms with Gasteiger partial charge in [-0.05, 0) is 50.6 Å². The zero-order valence-electron chi connectivity index (χ0n) is 18.9. The maximum Gasteiger partial charge on any atom is 0.240 e. The van der Waals surface area contributed by atoms with E-state index < -0.39 is 10.0 Å². The predicted octanol–water partition coefficient (Wildman–Crippen LogP) is 2.93. The molecule has 2 atom stereocenters. The van der Waals surface area contributed by atoms with Crippen LogP contribution in [0.5, 0.6) is 0 Å². The van der Waals surface area contributed by atoms with Crippen LogP contribution in [-0.2, 0) is 23.1 Å². The standard InChI is InChI=1S/C23H33N5O2S.HI/c1-4-25-23(26-15-19-10-12-22(13-11-19)31(29,30)24-3)27-21-14-18(2)28(17-21)16-20-8-6-5-7-9-20;/h5-13,18,21,24H,4,14-17H2,1-3H3,(H2,25,26,27);1H. The van der Waals surface area contributed by atoms with Crippen molar-refractivity contribution in [3.8, 4) is 0 Å². The first-order valence-corrected chi connectivity index (χ1v) is 12.2. The molecule has 0 radical (unpaired) electrons. The Bertz CT molecular complexity index is 968. The number of guanidine groups is 1. The molecule has 0 bridgehead atoms. The van der Waals surface area contributed by atoms with Crippen LogP contribution in [0.4, 0.5) is 0 Å². The van der Waals surface area contributed by atoms with Crippen LogP contribution in [0.3, 0.4) is 0 Å². The molecule has 2 aromatic rings. The lowest BCUT2D eigenvalue weighted by molar-refractivity contribution is 0.258. The normalized spacial score (nSPS) is 19.4. The monoisotopic (exact) mass is 571 g/mol. The van der Waals surface area contributed by atoms with Crippen LogP contribution in [0.1, 0.15) is 31.4 Å². The van der Waals surface area contributed by atoms with E-state index in [2.05, 4.69) is 51.4 Å². The van der Waals surface area contributed by atoms with E-state index in [-0.39, 0.29) is 28.9 Å². The molecule has 3 rings (SSSR count). The zero-order valence-corrected chi connectivity index (χ0v) is 22.1. The molecule has 0 saturated carbocycles. The number of halogens is 1. The van der Waals surface area contributed by atoms with Crippen molar-refractivity contribution in [2.75, 3.05) is 20.1 Å². The predicted molar refractivity (Wildman–Crippen MR) is 141 cm³/mol. The summed E-state index contributed by atoms with van der Waals surface area (Å²) in [5.74, 6) is 0.785. The summed E-state index contributed by atoms with van der Waals surface area (Å²) in [6, 6.07) is 18.2. The van der Waals surface area contributed by atoms with Crippen LogP contribution in [0.15, 0.2) is 64.5 Å². The first-order chi connectivity index (χ1) is 14.9. The lowest BCUT2D eigenvalue weighted by atomic mass is 10.2. The Morgan fingerprint density at radius 2 is 1.78 bits per heavy atom. The molecule has 1 heterocycles. The van der Waals surface area contributed by atoms with Gasteiger partial charge in [0.1, 0.15) is 0 Å². The van der Waals surface area contributed by atoms with Gasteiger partial charge in [0.05, 0.1) is 11.4 Å². The van der Waals surface area contributed by atoms with Crippen molar-refractivity contribution < 1.29 is 8.42 Å². The molecule has 7 nitrogen and oxygen atoms in total. The fraction of sp³-hybridized carbons (Fsp3) is 0.435. The molecule has 176 valence electrons. The minimum absolute atomic E-state index is 0. The molecule has 1 saturated heterocycles. The average Bonchev–Trinajstić information content (AvgIpc) is 3.11. The van der Waals surface area contributed by atoms with Gasteiger partial charge in [0, 0.05) is 31.7 Å². The largest absolute Gasteiger partial charge is 0.357 e. The van der Waals surface area contributed by atoms with Crippen LogP contribution in [0.25, 0.3) is 0 Å². The number of likely N-dealkylation sites (tertiary alicyclic amines) is 1. The SMILES string of the molecule is CCNC(=NCc1ccc(S(=O)(=O)NC)cc1)NC1CC(C)N(Cc2ccccc2)C1.I. The summed E-state index contributed by atoms with van der Waals surface area (Å²) in [7, 11) is -2.01. The Balaban J connectivity index is 0.00000363. The van der Waals surface area contributed by atoms with Crippen LogP contribution in [0, 0.1) is 0 Å². The summed E-state index contributed by atoms with van der Waals surface area (Å²) in [4.78, 5) is 7.46. The van der Waals surface area contributed by atoms with E-state index in [0.717, 1.165) is 37.6 Å². The van der Waals surface area contributed by atoms with Crippen molar-refractivity contribution in [3.63, 3.8) is 0 Å². The Morgan fingerprint density at radius 1 is 1.09 bits per heavy atom. The van der Waals surface area contributed by atoms with Crippen molar-refractivity contribution >= 4 is 40.0 Å². The van der Waals surface area contributed by atoms with E-state index in [0.29, 0.717) is 18.6 Å². The number of sulfonamides is 1. The fourth-order valence-electron chi connectivity index (χ4n) is 3.82. The van der Waals surface area contributed by atoms with Gasteiger partial charge in [-0.15, -0.1) is 24.0 Å². The molecule has 1 aliphatic rings. The van der Waals surface area contributed by atoms with Gasteiger partial charge in [0.25, 0.3) is 0 Å². The third-order valence-corrected chi connectivity index (χ3v) is 6.97. The third kappa shape index (κ3) is 7.43. The lowest BCUT2D eigenvalue weighted by Crippen LogP contribution is -2.44. The van der Waals surface area contributed by atoms with Gasteiger partial charge < -0.3 is 10.6 Å². The molecular formula is C23H34IN5O2S. The number of rotatable bonds is 8. The molecule has 2 unspecified atom stereocenters. The van der Waals surface area contributed by atoms with Gasteiger partial charge >= 0.3 is 0 Å². The van der Waals surface area contributed by atoms with Crippen LogP contribution in [-0.4, -0.2) is 51.5 Å². The van der Waals surface area contributed by atoms with E-state index in [4.69, 9.17) is 4.99 Å². The van der Waals surface area contributed by atoms with Crippen molar-refractivity contribution in [2.24, 2.45) is 4.99 Å². The number of nitrogens with one attached hydrogen (secondary N) is 3. The summed E-state index contributed by atoms with van der Waals surface area (Å²) < 4.78 is 26.1. The lowest BCUT2D eigenvalue weighted by Gasteiger charge is -2.21. The van der Waals surface area contributed by atoms with Gasteiger partial charge in [-0.2, -0.15) is 0 Å². The quantitative estimate of drug-likeness (QED) is 0.258. The maximum absolute atomic E-state index is 11.9. The summed E-state index contributed by atoms with van der Waals surface area (Å²) in [6.07, 6.45) is 1.06. The third-order valence-electron chi connectivity index (χ3n) is 5.54. The summed E-state index contributed by atoms with van der Waals surface area (Å²) in [5.41, 5.74) is 2.29. The smallest absolute Gasteiger partial charge is 0.240 e. The number of hydrogen-bond acceptors (Lipinski definition) is 4. The second kappa shape index (κ2) is 12.5. The maximum atomic E-state index is 11.9. The van der Waals surface area contributed by atoms with E-state index in [1.165, 1.54) is 12.6 Å². The molecule has 0 aliphatic carbocycles. The van der Waals surface area contributed by atoms with Crippen molar-refractivity contribution in [1.82, 2.24) is 20.3 Å². The highest BCUT2D eigenvalue weighted by atomic mass is 127. The summed E-state index contributed by atoms with van der Waals surface area (Å²) in [6.45, 7) is 7.50. The Hall–Kier alpha value is -1.69. The minimum atomic E-state index is -3.42. The molecule has 1 fully saturated rings. The molecule has 0 spiro atoms. The number of hydrogen-bond donors (Lipinski definition) is 3. The van der Waals surface area contributed by atoms with Gasteiger partial charge in [-0.1, -0.05) is 42.5 Å². The molecule has 3 N–H and O–H groups in total. The van der Waals surface area contributed by atoms with Crippen molar-refractivity contribution in [2.45, 2.75) is 50.3 Å². The molecule has 32 heavy (non-hydrogen) atoms. The highest BCUT2D eigenvalue weighted by molar-refractivity contribution is 14.0. The Morgan fingerprint density at radius 3 is 2.41 bits per heavy atom. The minimum Gasteiger partial charge on any atom is -0.357 e. The van der Waals surface area contributed by atoms with Gasteiger partial charge in [-0.3, -0.25) is 4.90 Å². The van der Waals surface area contributed by atoms with Crippen LogP contribution in [0.2, 0.25) is 0 Å². The summed E-state index contributed by atoms with van der Waals surface area (Å²) in [5, 5.41) is 6.89.